The molecule has 1 aliphatic rings. The number of aryl methyl sites for hydroxylation is 1. The van der Waals surface area contributed by atoms with Gasteiger partial charge in [-0.2, -0.15) is 0 Å². The highest BCUT2D eigenvalue weighted by Crippen LogP contribution is 2.36. The zero-order chi connectivity index (χ0) is 21.0. The quantitative estimate of drug-likeness (QED) is 0.531. The number of amides is 1. The molecule has 0 aromatic heterocycles. The van der Waals surface area contributed by atoms with Crippen LogP contribution in [0.5, 0.6) is 5.75 Å². The zero-order valence-corrected chi connectivity index (χ0v) is 17.2. The smallest absolute Gasteiger partial charge is 0.340 e. The molecule has 0 fully saturated rings. The molecule has 150 valence electrons. The Morgan fingerprint density at radius 1 is 0.966 bits per heavy atom. The van der Waals surface area contributed by atoms with Crippen molar-refractivity contribution in [3.05, 3.63) is 76.5 Å². The van der Waals surface area contributed by atoms with Gasteiger partial charge in [0.05, 0.1) is 24.4 Å². The summed E-state index contributed by atoms with van der Waals surface area (Å²) in [5, 5.41) is 0. The highest BCUT2D eigenvalue weighted by atomic mass is 16.5. The standard InChI is InChI=1S/C24H25NO4/c1-5-28-20-13-11-19(12-14-20)25-17(4)22(24(27)29-6-2)21(23(25)26)15-18-9-7-16(3)8-10-18/h7-15H,5-6H2,1-4H3/b21-15+. The van der Waals surface area contributed by atoms with Gasteiger partial charge in [-0.05, 0) is 63.6 Å². The van der Waals surface area contributed by atoms with Crippen LogP contribution in [0.15, 0.2) is 65.4 Å². The highest BCUT2D eigenvalue weighted by Gasteiger charge is 2.38. The summed E-state index contributed by atoms with van der Waals surface area (Å²) in [6, 6.07) is 15.0. The largest absolute Gasteiger partial charge is 0.494 e. The Bertz CT molecular complexity index is 969. The number of nitrogens with zero attached hydrogens (tertiary/aromatic N) is 1. The predicted molar refractivity (Wildman–Crippen MR) is 114 cm³/mol. The van der Waals surface area contributed by atoms with Gasteiger partial charge in [-0.15, -0.1) is 0 Å². The molecule has 5 nitrogen and oxygen atoms in total. The highest BCUT2D eigenvalue weighted by molar-refractivity contribution is 6.23. The van der Waals surface area contributed by atoms with Gasteiger partial charge in [0.25, 0.3) is 5.91 Å². The molecule has 0 spiro atoms. The Labute approximate surface area is 171 Å². The third kappa shape index (κ3) is 4.24. The number of rotatable bonds is 6. The van der Waals surface area contributed by atoms with E-state index in [0.29, 0.717) is 29.1 Å². The SMILES string of the molecule is CCOC(=O)C1=C(C)N(c2ccc(OCC)cc2)C(=O)/C1=C/c1ccc(C)cc1. The van der Waals surface area contributed by atoms with Crippen molar-refractivity contribution in [2.24, 2.45) is 0 Å². The molecule has 0 radical (unpaired) electrons. The monoisotopic (exact) mass is 391 g/mol. The van der Waals surface area contributed by atoms with Crippen molar-refractivity contribution >= 4 is 23.6 Å². The van der Waals surface area contributed by atoms with Crippen LogP contribution in [0.2, 0.25) is 0 Å². The van der Waals surface area contributed by atoms with E-state index in [4.69, 9.17) is 9.47 Å². The van der Waals surface area contributed by atoms with Crippen LogP contribution in [0.4, 0.5) is 5.69 Å². The summed E-state index contributed by atoms with van der Waals surface area (Å²) in [5.74, 6) is -0.0222. The molecule has 2 aromatic rings. The molecular weight excluding hydrogens is 366 g/mol. The second-order valence-corrected chi connectivity index (χ2v) is 6.72. The Hall–Kier alpha value is -3.34. The maximum Gasteiger partial charge on any atom is 0.340 e. The van der Waals surface area contributed by atoms with E-state index in [0.717, 1.165) is 16.9 Å². The van der Waals surface area contributed by atoms with Crippen LogP contribution in [0.3, 0.4) is 0 Å². The lowest BCUT2D eigenvalue weighted by Crippen LogP contribution is -2.24. The minimum Gasteiger partial charge on any atom is -0.494 e. The summed E-state index contributed by atoms with van der Waals surface area (Å²) in [4.78, 5) is 27.5. The molecule has 0 aliphatic carbocycles. The maximum atomic E-state index is 13.3. The van der Waals surface area contributed by atoms with Crippen LogP contribution in [0.1, 0.15) is 31.9 Å². The van der Waals surface area contributed by atoms with Crippen molar-refractivity contribution in [2.75, 3.05) is 18.1 Å². The lowest BCUT2D eigenvalue weighted by atomic mass is 10.0. The van der Waals surface area contributed by atoms with Gasteiger partial charge in [0.15, 0.2) is 0 Å². The Kier molecular flexibility index (Phi) is 6.17. The minimum atomic E-state index is -0.495. The first kappa shape index (κ1) is 20.4. The van der Waals surface area contributed by atoms with Crippen LogP contribution in [-0.2, 0) is 14.3 Å². The van der Waals surface area contributed by atoms with E-state index in [-0.39, 0.29) is 12.5 Å². The van der Waals surface area contributed by atoms with Gasteiger partial charge in [-0.25, -0.2) is 4.79 Å². The summed E-state index contributed by atoms with van der Waals surface area (Å²) >= 11 is 0. The van der Waals surface area contributed by atoms with Gasteiger partial charge in [0, 0.05) is 11.4 Å². The van der Waals surface area contributed by atoms with Crippen molar-refractivity contribution in [3.63, 3.8) is 0 Å². The Morgan fingerprint density at radius 3 is 2.21 bits per heavy atom. The number of esters is 1. The van der Waals surface area contributed by atoms with E-state index < -0.39 is 5.97 Å². The molecular formula is C24H25NO4. The van der Waals surface area contributed by atoms with Crippen molar-refractivity contribution in [2.45, 2.75) is 27.7 Å². The molecule has 1 heterocycles. The van der Waals surface area contributed by atoms with Gasteiger partial charge >= 0.3 is 5.97 Å². The van der Waals surface area contributed by atoms with E-state index in [1.54, 1.807) is 24.8 Å². The molecule has 0 N–H and O–H groups in total. The second-order valence-electron chi connectivity index (χ2n) is 6.72. The average Bonchev–Trinajstić information content (AvgIpc) is 2.95. The van der Waals surface area contributed by atoms with E-state index in [1.807, 2.05) is 62.4 Å². The first-order valence-electron chi connectivity index (χ1n) is 9.70. The Morgan fingerprint density at radius 2 is 1.62 bits per heavy atom. The minimum absolute atomic E-state index is 0.241. The molecule has 3 rings (SSSR count). The van der Waals surface area contributed by atoms with Crippen LogP contribution >= 0.6 is 0 Å². The molecule has 1 aliphatic heterocycles. The summed E-state index contributed by atoms with van der Waals surface area (Å²) in [6.45, 7) is 8.23. The lowest BCUT2D eigenvalue weighted by molar-refractivity contribution is -0.138. The van der Waals surface area contributed by atoms with E-state index in [2.05, 4.69) is 0 Å². The number of benzene rings is 2. The summed E-state index contributed by atoms with van der Waals surface area (Å²) in [6.07, 6.45) is 1.74. The fourth-order valence-electron chi connectivity index (χ4n) is 3.28. The predicted octanol–water partition coefficient (Wildman–Crippen LogP) is 4.66. The lowest BCUT2D eigenvalue weighted by Gasteiger charge is -2.18. The molecule has 0 unspecified atom stereocenters. The zero-order valence-electron chi connectivity index (χ0n) is 17.2. The van der Waals surface area contributed by atoms with Crippen molar-refractivity contribution in [3.8, 4) is 5.75 Å². The molecule has 29 heavy (non-hydrogen) atoms. The van der Waals surface area contributed by atoms with E-state index in [1.165, 1.54) is 0 Å². The van der Waals surface area contributed by atoms with Crippen molar-refractivity contribution in [1.82, 2.24) is 0 Å². The number of carbonyl (C=O) groups excluding carboxylic acids is 2. The summed E-state index contributed by atoms with van der Waals surface area (Å²) in [7, 11) is 0. The van der Waals surface area contributed by atoms with E-state index >= 15 is 0 Å². The van der Waals surface area contributed by atoms with Crippen LogP contribution in [-0.4, -0.2) is 25.1 Å². The van der Waals surface area contributed by atoms with Gasteiger partial charge in [-0.3, -0.25) is 9.69 Å². The van der Waals surface area contributed by atoms with Crippen LogP contribution in [0, 0.1) is 6.92 Å². The Balaban J connectivity index is 2.05. The van der Waals surface area contributed by atoms with Crippen molar-refractivity contribution < 1.29 is 19.1 Å². The first-order valence-corrected chi connectivity index (χ1v) is 9.70. The third-order valence-electron chi connectivity index (χ3n) is 4.67. The van der Waals surface area contributed by atoms with Crippen LogP contribution < -0.4 is 9.64 Å². The molecule has 0 bridgehead atoms. The summed E-state index contributed by atoms with van der Waals surface area (Å²) in [5.41, 5.74) is 3.83. The molecule has 1 amide bonds. The number of hydrogen-bond donors (Lipinski definition) is 0. The van der Waals surface area contributed by atoms with E-state index in [9.17, 15) is 9.59 Å². The average molecular weight is 391 g/mol. The topological polar surface area (TPSA) is 55.8 Å². The number of anilines is 1. The molecule has 0 atom stereocenters. The maximum absolute atomic E-state index is 13.3. The van der Waals surface area contributed by atoms with Crippen molar-refractivity contribution in [1.29, 1.82) is 0 Å². The number of ether oxygens (including phenoxy) is 2. The van der Waals surface area contributed by atoms with Gasteiger partial charge in [0.1, 0.15) is 5.75 Å². The number of hydrogen-bond acceptors (Lipinski definition) is 4. The van der Waals surface area contributed by atoms with Crippen LogP contribution in [0.25, 0.3) is 6.08 Å². The summed E-state index contributed by atoms with van der Waals surface area (Å²) < 4.78 is 10.7. The fourth-order valence-corrected chi connectivity index (χ4v) is 3.28. The van der Waals surface area contributed by atoms with Gasteiger partial charge in [-0.1, -0.05) is 29.8 Å². The fraction of sp³-hybridized carbons (Fsp3) is 0.250. The molecule has 0 saturated heterocycles. The third-order valence-corrected chi connectivity index (χ3v) is 4.67. The first-order chi connectivity index (χ1) is 14.0. The normalized spacial score (nSPS) is 15.2. The van der Waals surface area contributed by atoms with Gasteiger partial charge in [0.2, 0.25) is 0 Å². The van der Waals surface area contributed by atoms with Gasteiger partial charge < -0.3 is 9.47 Å². The number of carbonyl (C=O) groups is 2. The molecule has 2 aromatic carbocycles. The molecule has 0 saturated carbocycles. The second kappa shape index (κ2) is 8.78. The molecule has 5 heteroatoms. The number of allylic oxidation sites excluding steroid dienone is 1.